The molecule has 11 heavy (non-hydrogen) atoms. The van der Waals surface area contributed by atoms with Gasteiger partial charge in [-0.05, 0) is 0 Å². The molecular formula is C3H11CaO6P. The van der Waals surface area contributed by atoms with Gasteiger partial charge in [-0.15, -0.1) is 0 Å². The first kappa shape index (κ1) is 14.8. The minimum absolute atomic E-state index is 0. The molecule has 1 atom stereocenters. The van der Waals surface area contributed by atoms with E-state index < -0.39 is 27.1 Å². The molecule has 0 rings (SSSR count). The Bertz CT molecular complexity index is 134. The van der Waals surface area contributed by atoms with Gasteiger partial charge < -0.3 is 20.0 Å². The summed E-state index contributed by atoms with van der Waals surface area (Å²) in [6, 6.07) is 0. The normalized spacial score (nSPS) is 13.8. The molecule has 0 saturated carbocycles. The van der Waals surface area contributed by atoms with Crippen LogP contribution in [0, 0.1) is 0 Å². The predicted octanol–water partition coefficient (Wildman–Crippen LogP) is -2.47. The molecule has 0 amide bonds. The first-order valence-corrected chi connectivity index (χ1v) is 3.98. The van der Waals surface area contributed by atoms with Gasteiger partial charge in [-0.3, -0.25) is 4.52 Å². The first-order valence-electron chi connectivity index (χ1n) is 2.44. The van der Waals surface area contributed by atoms with Crippen LogP contribution in [-0.2, 0) is 9.09 Å². The molecule has 8 heteroatoms. The summed E-state index contributed by atoms with van der Waals surface area (Å²) in [5.41, 5.74) is 0. The van der Waals surface area contributed by atoms with Crippen molar-refractivity contribution in [2.24, 2.45) is 0 Å². The van der Waals surface area contributed by atoms with Crippen LogP contribution in [0.2, 0.25) is 0 Å². The van der Waals surface area contributed by atoms with Gasteiger partial charge in [0.15, 0.2) is 0 Å². The van der Waals surface area contributed by atoms with E-state index in [-0.39, 0.29) is 37.7 Å². The van der Waals surface area contributed by atoms with Gasteiger partial charge in [-0.25, -0.2) is 4.57 Å². The van der Waals surface area contributed by atoms with E-state index in [1.54, 1.807) is 0 Å². The van der Waals surface area contributed by atoms with Gasteiger partial charge in [0.2, 0.25) is 0 Å². The van der Waals surface area contributed by atoms with Crippen molar-refractivity contribution >= 4 is 45.6 Å². The molecule has 0 saturated heterocycles. The van der Waals surface area contributed by atoms with E-state index in [0.29, 0.717) is 0 Å². The van der Waals surface area contributed by atoms with Crippen LogP contribution in [0.5, 0.6) is 0 Å². The second-order valence-electron chi connectivity index (χ2n) is 1.62. The molecule has 0 aromatic heterocycles. The zero-order valence-electron chi connectivity index (χ0n) is 5.04. The molecule has 0 aliphatic rings. The summed E-state index contributed by atoms with van der Waals surface area (Å²) >= 11 is 0. The van der Waals surface area contributed by atoms with Crippen LogP contribution in [0.25, 0.3) is 0 Å². The van der Waals surface area contributed by atoms with E-state index >= 15 is 0 Å². The van der Waals surface area contributed by atoms with Crippen LogP contribution in [0.1, 0.15) is 0 Å². The second kappa shape index (κ2) is 6.77. The van der Waals surface area contributed by atoms with Crippen LogP contribution in [0.15, 0.2) is 0 Å². The molecule has 0 aliphatic carbocycles. The molecule has 0 fully saturated rings. The molecule has 0 spiro atoms. The number of hydrogen-bond donors (Lipinski definition) is 4. The van der Waals surface area contributed by atoms with Crippen molar-refractivity contribution in [3.8, 4) is 0 Å². The van der Waals surface area contributed by atoms with Crippen LogP contribution >= 0.6 is 7.82 Å². The van der Waals surface area contributed by atoms with Gasteiger partial charge >= 0.3 is 45.6 Å². The summed E-state index contributed by atoms with van der Waals surface area (Å²) in [7, 11) is -4.50. The summed E-state index contributed by atoms with van der Waals surface area (Å²) in [6.45, 7) is -1.15. The Kier molecular flexibility index (Phi) is 9.10. The molecule has 0 aromatic rings. The van der Waals surface area contributed by atoms with Crippen LogP contribution in [-0.4, -0.2) is 77.1 Å². The Balaban J connectivity index is 0. The van der Waals surface area contributed by atoms with E-state index in [1.807, 2.05) is 0 Å². The zero-order chi connectivity index (χ0) is 8.20. The summed E-state index contributed by atoms with van der Waals surface area (Å²) in [6.07, 6.45) is -1.24. The second-order valence-corrected chi connectivity index (χ2v) is 2.86. The Morgan fingerprint density at radius 1 is 1.45 bits per heavy atom. The Labute approximate surface area is 93.4 Å². The molecule has 0 heterocycles. The SMILES string of the molecule is O=P(O)(O)OCC(O)CO.[CaH2]. The van der Waals surface area contributed by atoms with Crippen molar-refractivity contribution in [3.63, 3.8) is 0 Å². The first-order chi connectivity index (χ1) is 4.45. The van der Waals surface area contributed by atoms with Crippen LogP contribution < -0.4 is 0 Å². The molecule has 1 unspecified atom stereocenters. The molecule has 6 nitrogen and oxygen atoms in total. The van der Waals surface area contributed by atoms with Gasteiger partial charge in [0.1, 0.15) is 6.10 Å². The summed E-state index contributed by atoms with van der Waals surface area (Å²) in [4.78, 5) is 16.1. The van der Waals surface area contributed by atoms with E-state index in [0.717, 1.165) is 0 Å². The monoisotopic (exact) mass is 214 g/mol. The number of aliphatic hydroxyl groups is 2. The van der Waals surface area contributed by atoms with Crippen LogP contribution in [0.4, 0.5) is 0 Å². The average molecular weight is 214 g/mol. The number of phosphoric ester groups is 1. The topological polar surface area (TPSA) is 107 Å². The molecule has 66 valence electrons. The van der Waals surface area contributed by atoms with E-state index in [9.17, 15) is 4.57 Å². The molecule has 0 aromatic carbocycles. The summed E-state index contributed by atoms with van der Waals surface area (Å²) in [5, 5.41) is 16.7. The fourth-order valence-corrected chi connectivity index (χ4v) is 0.602. The van der Waals surface area contributed by atoms with Gasteiger partial charge in [-0.1, -0.05) is 0 Å². The predicted molar refractivity (Wildman–Crippen MR) is 39.6 cm³/mol. The van der Waals surface area contributed by atoms with E-state index in [1.165, 1.54) is 0 Å². The number of phosphoric acid groups is 1. The van der Waals surface area contributed by atoms with E-state index in [4.69, 9.17) is 20.0 Å². The third kappa shape index (κ3) is 11.3. The van der Waals surface area contributed by atoms with Gasteiger partial charge in [0, 0.05) is 0 Å². The van der Waals surface area contributed by atoms with Crippen molar-refractivity contribution in [1.29, 1.82) is 0 Å². The number of aliphatic hydroxyl groups excluding tert-OH is 2. The standard InChI is InChI=1S/C3H9O6P.Ca.2H/c4-1-3(5)2-9-10(6,7)8;;;/h3-5H,1-2H2,(H2,6,7,8);;;. The number of hydrogen-bond acceptors (Lipinski definition) is 4. The van der Waals surface area contributed by atoms with Crippen molar-refractivity contribution in [3.05, 3.63) is 0 Å². The molecule has 4 N–H and O–H groups in total. The Hall–Kier alpha value is 1.29. The Morgan fingerprint density at radius 3 is 2.18 bits per heavy atom. The van der Waals surface area contributed by atoms with Crippen molar-refractivity contribution in [2.75, 3.05) is 13.2 Å². The van der Waals surface area contributed by atoms with Crippen molar-refractivity contribution in [2.45, 2.75) is 6.10 Å². The van der Waals surface area contributed by atoms with Gasteiger partial charge in [0.05, 0.1) is 13.2 Å². The summed E-state index contributed by atoms with van der Waals surface area (Å²) < 4.78 is 13.8. The number of rotatable bonds is 4. The Morgan fingerprint density at radius 2 is 1.91 bits per heavy atom. The zero-order valence-corrected chi connectivity index (χ0v) is 5.94. The quantitative estimate of drug-likeness (QED) is 0.305. The fourth-order valence-electron chi connectivity index (χ4n) is 0.236. The molecule has 0 bridgehead atoms. The van der Waals surface area contributed by atoms with Crippen LogP contribution in [0.3, 0.4) is 0 Å². The molecular weight excluding hydrogens is 203 g/mol. The van der Waals surface area contributed by atoms with Gasteiger partial charge in [-0.2, -0.15) is 0 Å². The summed E-state index contributed by atoms with van der Waals surface area (Å²) in [5.74, 6) is 0. The maximum absolute atomic E-state index is 9.93. The third-order valence-electron chi connectivity index (χ3n) is 0.646. The van der Waals surface area contributed by atoms with Gasteiger partial charge in [0.25, 0.3) is 0 Å². The van der Waals surface area contributed by atoms with Crippen molar-refractivity contribution < 1.29 is 29.1 Å². The van der Waals surface area contributed by atoms with E-state index in [2.05, 4.69) is 4.52 Å². The minimum atomic E-state index is -4.50. The fraction of sp³-hybridized carbons (Fsp3) is 1.00. The maximum atomic E-state index is 9.93. The molecule has 0 aliphatic heterocycles. The van der Waals surface area contributed by atoms with Crippen molar-refractivity contribution in [1.82, 2.24) is 0 Å². The molecule has 0 radical (unpaired) electrons. The average Bonchev–Trinajstić information content (AvgIpc) is 1.81. The third-order valence-corrected chi connectivity index (χ3v) is 1.13.